The Balaban J connectivity index is 1.81. The van der Waals surface area contributed by atoms with Gasteiger partial charge in [-0.05, 0) is 56.2 Å². The van der Waals surface area contributed by atoms with Crippen LogP contribution in [0.3, 0.4) is 0 Å². The number of aromatic nitrogens is 1. The number of carbonyl (C=O) groups excluding carboxylic acids is 1. The number of carbonyl (C=O) groups is 1. The van der Waals surface area contributed by atoms with Gasteiger partial charge in [0.05, 0.1) is 11.4 Å². The monoisotopic (exact) mass is 534 g/mol. The van der Waals surface area contributed by atoms with Crippen LogP contribution in [0, 0.1) is 31.1 Å². The first-order chi connectivity index (χ1) is 17.7. The van der Waals surface area contributed by atoms with Crippen LogP contribution < -0.4 is 10.5 Å². The van der Waals surface area contributed by atoms with Gasteiger partial charge < -0.3 is 4.90 Å². The Labute approximate surface area is 229 Å². The number of nitrogens with zero attached hydrogens (tertiary/aromatic N) is 4. The van der Waals surface area contributed by atoms with E-state index in [1.165, 1.54) is 11.8 Å². The second-order valence-electron chi connectivity index (χ2n) is 10.1. The molecular formula is C29H34N4O2S2. The number of nitriles is 1. The molecule has 1 unspecified atom stereocenters. The van der Waals surface area contributed by atoms with E-state index in [2.05, 4.69) is 24.8 Å². The Morgan fingerprint density at radius 2 is 1.95 bits per heavy atom. The number of thiocarbonyl (C=S) groups is 1. The van der Waals surface area contributed by atoms with E-state index in [0.29, 0.717) is 33.8 Å². The number of rotatable bonds is 7. The molecule has 8 heteroatoms. The fraction of sp³-hybridized carbons (Fsp3) is 0.448. The molecule has 0 saturated carbocycles. The molecule has 2 aliphatic rings. The summed E-state index contributed by atoms with van der Waals surface area (Å²) >= 11 is 6.89. The van der Waals surface area contributed by atoms with Crippen molar-refractivity contribution in [3.05, 3.63) is 67.3 Å². The van der Waals surface area contributed by atoms with E-state index in [4.69, 9.17) is 12.2 Å². The average Bonchev–Trinajstić information content (AvgIpc) is 3.13. The molecule has 0 bridgehead atoms. The van der Waals surface area contributed by atoms with Gasteiger partial charge in [-0.25, -0.2) is 0 Å². The van der Waals surface area contributed by atoms with Gasteiger partial charge in [0.1, 0.15) is 21.8 Å². The van der Waals surface area contributed by atoms with E-state index in [-0.39, 0.29) is 17.0 Å². The van der Waals surface area contributed by atoms with Gasteiger partial charge in [-0.1, -0.05) is 74.1 Å². The molecule has 1 amide bonds. The van der Waals surface area contributed by atoms with Crippen LogP contribution >= 0.6 is 24.0 Å². The van der Waals surface area contributed by atoms with E-state index in [1.54, 1.807) is 9.47 Å². The predicted octanol–water partition coefficient (Wildman–Crippen LogP) is 5.77. The molecular weight excluding hydrogens is 500 g/mol. The third kappa shape index (κ3) is 5.68. The van der Waals surface area contributed by atoms with Crippen LogP contribution in [-0.2, 0) is 17.9 Å². The van der Waals surface area contributed by atoms with Gasteiger partial charge >= 0.3 is 0 Å². The highest BCUT2D eigenvalue weighted by molar-refractivity contribution is 8.26. The summed E-state index contributed by atoms with van der Waals surface area (Å²) in [5.41, 5.74) is 3.48. The van der Waals surface area contributed by atoms with Crippen molar-refractivity contribution in [2.75, 3.05) is 18.0 Å². The lowest BCUT2D eigenvalue weighted by Gasteiger charge is -2.36. The fourth-order valence-electron chi connectivity index (χ4n) is 5.03. The number of aryl methyl sites for hydroxylation is 1. The molecule has 0 aliphatic carbocycles. The predicted molar refractivity (Wildman–Crippen MR) is 156 cm³/mol. The Kier molecular flexibility index (Phi) is 8.56. The van der Waals surface area contributed by atoms with Crippen molar-refractivity contribution in [1.29, 1.82) is 5.26 Å². The standard InChI is InChI=1S/C29H34N4O2S2/c1-5-6-14-32-26(31-13-7-8-20(3)17-31)23(21(4)24(16-30)27(32)34)15-25-28(35)33(29(36)37-25)18-22-11-9-19(2)10-12-22/h9-12,15,20H,5-8,13-14,17-18H2,1-4H3/b25-15-. The van der Waals surface area contributed by atoms with Crippen molar-refractivity contribution in [2.24, 2.45) is 5.92 Å². The smallest absolute Gasteiger partial charge is 0.270 e. The topological polar surface area (TPSA) is 69.3 Å². The Bertz CT molecular complexity index is 1340. The molecule has 0 radical (unpaired) electrons. The number of thioether (sulfide) groups is 1. The summed E-state index contributed by atoms with van der Waals surface area (Å²) in [6.07, 6.45) is 5.83. The lowest BCUT2D eigenvalue weighted by Crippen LogP contribution is -2.40. The normalized spacial score (nSPS) is 19.1. The zero-order valence-electron chi connectivity index (χ0n) is 22.0. The summed E-state index contributed by atoms with van der Waals surface area (Å²) in [6, 6.07) is 10.2. The van der Waals surface area contributed by atoms with E-state index in [1.807, 2.05) is 44.2 Å². The maximum atomic E-state index is 13.5. The summed E-state index contributed by atoms with van der Waals surface area (Å²) in [6.45, 7) is 10.8. The molecule has 1 aromatic heterocycles. The number of hydrogen-bond acceptors (Lipinski definition) is 6. The van der Waals surface area contributed by atoms with Crippen molar-refractivity contribution in [1.82, 2.24) is 9.47 Å². The molecule has 6 nitrogen and oxygen atoms in total. The van der Waals surface area contributed by atoms with Crippen molar-refractivity contribution < 1.29 is 4.79 Å². The summed E-state index contributed by atoms with van der Waals surface area (Å²) in [5, 5.41) is 9.90. The molecule has 194 valence electrons. The zero-order chi connectivity index (χ0) is 26.7. The van der Waals surface area contributed by atoms with E-state index < -0.39 is 0 Å². The molecule has 2 aromatic rings. The van der Waals surface area contributed by atoms with E-state index in [0.717, 1.165) is 61.3 Å². The maximum absolute atomic E-state index is 13.5. The number of amides is 1. The van der Waals surface area contributed by atoms with Gasteiger partial charge in [0.25, 0.3) is 11.5 Å². The van der Waals surface area contributed by atoms with E-state index >= 15 is 0 Å². The molecule has 0 N–H and O–H groups in total. The average molecular weight is 535 g/mol. The first-order valence-corrected chi connectivity index (χ1v) is 14.2. The zero-order valence-corrected chi connectivity index (χ0v) is 23.7. The van der Waals surface area contributed by atoms with Crippen LogP contribution in [-0.4, -0.2) is 32.8 Å². The number of hydrogen-bond donors (Lipinski definition) is 0. The minimum atomic E-state index is -0.245. The summed E-state index contributed by atoms with van der Waals surface area (Å²) < 4.78 is 2.29. The molecule has 0 spiro atoms. The largest absolute Gasteiger partial charge is 0.357 e. The number of anilines is 1. The van der Waals surface area contributed by atoms with E-state index in [9.17, 15) is 14.9 Å². The number of piperidine rings is 1. The number of pyridine rings is 1. The minimum Gasteiger partial charge on any atom is -0.357 e. The lowest BCUT2D eigenvalue weighted by molar-refractivity contribution is -0.122. The summed E-state index contributed by atoms with van der Waals surface area (Å²) in [7, 11) is 0. The minimum absolute atomic E-state index is 0.141. The molecule has 4 rings (SSSR count). The molecule has 37 heavy (non-hydrogen) atoms. The van der Waals surface area contributed by atoms with Crippen LogP contribution in [0.25, 0.3) is 6.08 Å². The van der Waals surface area contributed by atoms with Gasteiger partial charge in [0, 0.05) is 25.2 Å². The van der Waals surface area contributed by atoms with Crippen LogP contribution in [0.5, 0.6) is 0 Å². The van der Waals surface area contributed by atoms with Gasteiger partial charge in [0.15, 0.2) is 0 Å². The Hall–Kier alpha value is -2.89. The lowest BCUT2D eigenvalue weighted by atomic mass is 9.98. The maximum Gasteiger partial charge on any atom is 0.270 e. The van der Waals surface area contributed by atoms with Gasteiger partial charge in [-0.2, -0.15) is 5.26 Å². The molecule has 2 aliphatic heterocycles. The Morgan fingerprint density at radius 3 is 2.59 bits per heavy atom. The SMILES string of the molecule is CCCCn1c(N2CCCC(C)C2)c(/C=C2\SC(=S)N(Cc3ccc(C)cc3)C2=O)c(C)c(C#N)c1=O. The van der Waals surface area contributed by atoms with Crippen LogP contribution in [0.4, 0.5) is 5.82 Å². The number of unbranched alkanes of at least 4 members (excludes halogenated alkanes) is 1. The second-order valence-corrected chi connectivity index (χ2v) is 11.8. The van der Waals surface area contributed by atoms with Gasteiger partial charge in [-0.3, -0.25) is 19.1 Å². The van der Waals surface area contributed by atoms with Crippen molar-refractivity contribution in [3.63, 3.8) is 0 Å². The molecule has 2 fully saturated rings. The number of benzene rings is 1. The molecule has 2 saturated heterocycles. The first-order valence-electron chi connectivity index (χ1n) is 13.0. The highest BCUT2D eigenvalue weighted by atomic mass is 32.2. The van der Waals surface area contributed by atoms with Crippen molar-refractivity contribution in [3.8, 4) is 6.07 Å². The van der Waals surface area contributed by atoms with Crippen molar-refractivity contribution in [2.45, 2.75) is 66.5 Å². The third-order valence-corrected chi connectivity index (χ3v) is 8.53. The third-order valence-electron chi connectivity index (χ3n) is 7.15. The summed E-state index contributed by atoms with van der Waals surface area (Å²) in [4.78, 5) is 31.4. The van der Waals surface area contributed by atoms with Crippen LogP contribution in [0.1, 0.15) is 67.3 Å². The van der Waals surface area contributed by atoms with Gasteiger partial charge in [0.2, 0.25) is 0 Å². The fourth-order valence-corrected chi connectivity index (χ4v) is 6.27. The summed E-state index contributed by atoms with van der Waals surface area (Å²) in [5.74, 6) is 1.18. The highest BCUT2D eigenvalue weighted by Gasteiger charge is 2.33. The molecule has 3 heterocycles. The molecule has 1 atom stereocenters. The highest BCUT2D eigenvalue weighted by Crippen LogP contribution is 2.37. The Morgan fingerprint density at radius 1 is 1.22 bits per heavy atom. The first kappa shape index (κ1) is 27.2. The quantitative estimate of drug-likeness (QED) is 0.332. The van der Waals surface area contributed by atoms with Crippen LogP contribution in [0.2, 0.25) is 0 Å². The molecule has 1 aromatic carbocycles. The second kappa shape index (κ2) is 11.7. The van der Waals surface area contributed by atoms with Crippen LogP contribution in [0.15, 0.2) is 34.0 Å². The van der Waals surface area contributed by atoms with Crippen molar-refractivity contribution >= 4 is 46.1 Å². The van der Waals surface area contributed by atoms with Gasteiger partial charge in [-0.15, -0.1) is 0 Å².